The van der Waals surface area contributed by atoms with E-state index >= 15 is 0 Å². The predicted molar refractivity (Wildman–Crippen MR) is 113 cm³/mol. The van der Waals surface area contributed by atoms with Gasteiger partial charge in [-0.3, -0.25) is 4.90 Å². The van der Waals surface area contributed by atoms with Crippen molar-refractivity contribution in [2.24, 2.45) is 0 Å². The third-order valence-corrected chi connectivity index (χ3v) is 6.80. The van der Waals surface area contributed by atoms with Gasteiger partial charge in [0.1, 0.15) is 5.60 Å². The van der Waals surface area contributed by atoms with Crippen LogP contribution < -0.4 is 5.32 Å². The Morgan fingerprint density at radius 3 is 2.32 bits per heavy atom. The van der Waals surface area contributed by atoms with Gasteiger partial charge >= 0.3 is 6.09 Å². The number of likely N-dealkylation sites (tertiary alicyclic amines) is 2. The van der Waals surface area contributed by atoms with Crippen molar-refractivity contribution in [3.8, 4) is 0 Å². The third-order valence-electron chi connectivity index (χ3n) is 6.80. The summed E-state index contributed by atoms with van der Waals surface area (Å²) in [7, 11) is 0. The summed E-state index contributed by atoms with van der Waals surface area (Å²) >= 11 is 0. The normalized spacial score (nSPS) is 27.6. The molecule has 28 heavy (non-hydrogen) atoms. The summed E-state index contributed by atoms with van der Waals surface area (Å²) < 4.78 is 5.53. The molecule has 1 atom stereocenters. The number of nitrogens with zero attached hydrogens (tertiary/aromatic N) is 2. The molecule has 3 fully saturated rings. The van der Waals surface area contributed by atoms with Gasteiger partial charge in [0.05, 0.1) is 0 Å². The van der Waals surface area contributed by atoms with Crippen LogP contribution in [0.5, 0.6) is 0 Å². The lowest BCUT2D eigenvalue weighted by molar-refractivity contribution is -0.00874. The Kier molecular flexibility index (Phi) is 6.70. The van der Waals surface area contributed by atoms with E-state index in [1.165, 1.54) is 12.8 Å². The third kappa shape index (κ3) is 5.47. The summed E-state index contributed by atoms with van der Waals surface area (Å²) in [6, 6.07) is 0.864. The Labute approximate surface area is 170 Å². The summed E-state index contributed by atoms with van der Waals surface area (Å²) in [6.45, 7) is 11.9. The zero-order chi connectivity index (χ0) is 20.4. The lowest BCUT2D eigenvalue weighted by Crippen LogP contribution is -2.58. The van der Waals surface area contributed by atoms with Crippen molar-refractivity contribution in [2.45, 2.75) is 102 Å². The van der Waals surface area contributed by atoms with Crippen molar-refractivity contribution in [3.63, 3.8) is 0 Å². The molecule has 0 bridgehead atoms. The SMILES string of the molecule is CC(C)(C)OC(=O)N1CCC(C)(N2CCC(N[C@H]3CCCCC3=N)CC2)CC1. The first kappa shape index (κ1) is 21.6. The Balaban J connectivity index is 1.44. The van der Waals surface area contributed by atoms with Crippen LogP contribution in [0.15, 0.2) is 0 Å². The number of rotatable bonds is 3. The second kappa shape index (κ2) is 8.70. The van der Waals surface area contributed by atoms with Crippen molar-refractivity contribution in [3.05, 3.63) is 0 Å². The lowest BCUT2D eigenvalue weighted by atomic mass is 9.85. The van der Waals surface area contributed by atoms with Crippen LogP contribution in [-0.2, 0) is 4.74 Å². The van der Waals surface area contributed by atoms with Gasteiger partial charge in [-0.25, -0.2) is 4.79 Å². The average Bonchev–Trinajstić information content (AvgIpc) is 2.63. The van der Waals surface area contributed by atoms with Gasteiger partial charge in [-0.2, -0.15) is 0 Å². The molecule has 2 N–H and O–H groups in total. The molecule has 0 aromatic carbocycles. The first-order chi connectivity index (χ1) is 13.2. The van der Waals surface area contributed by atoms with Crippen LogP contribution in [0, 0.1) is 5.41 Å². The highest BCUT2D eigenvalue weighted by atomic mass is 16.6. The zero-order valence-corrected chi connectivity index (χ0v) is 18.4. The van der Waals surface area contributed by atoms with E-state index in [9.17, 15) is 4.79 Å². The smallest absolute Gasteiger partial charge is 0.410 e. The topological polar surface area (TPSA) is 68.7 Å². The fraction of sp³-hybridized carbons (Fsp3) is 0.909. The van der Waals surface area contributed by atoms with E-state index in [1.54, 1.807) is 0 Å². The van der Waals surface area contributed by atoms with Crippen LogP contribution in [0.3, 0.4) is 0 Å². The molecule has 3 rings (SSSR count). The molecule has 6 nitrogen and oxygen atoms in total. The van der Waals surface area contributed by atoms with Crippen molar-refractivity contribution >= 4 is 11.8 Å². The number of piperidine rings is 2. The quantitative estimate of drug-likeness (QED) is 0.767. The minimum Gasteiger partial charge on any atom is -0.444 e. The van der Waals surface area contributed by atoms with E-state index < -0.39 is 5.60 Å². The largest absolute Gasteiger partial charge is 0.444 e. The van der Waals surface area contributed by atoms with Crippen molar-refractivity contribution in [2.75, 3.05) is 26.2 Å². The molecule has 2 aliphatic heterocycles. The second-order valence-electron chi connectivity index (χ2n) is 10.2. The maximum absolute atomic E-state index is 12.3. The number of amides is 1. The van der Waals surface area contributed by atoms with Crippen LogP contribution in [0.1, 0.15) is 79.1 Å². The average molecular weight is 393 g/mol. The van der Waals surface area contributed by atoms with Gasteiger partial charge in [0.25, 0.3) is 0 Å². The molecular formula is C22H40N4O2. The van der Waals surface area contributed by atoms with Crippen LogP contribution in [0.4, 0.5) is 4.79 Å². The van der Waals surface area contributed by atoms with Crippen molar-refractivity contribution in [1.29, 1.82) is 5.41 Å². The molecular weight excluding hydrogens is 352 g/mol. The number of carbonyl (C=O) groups is 1. The fourth-order valence-corrected chi connectivity index (χ4v) is 4.88. The van der Waals surface area contributed by atoms with Crippen molar-refractivity contribution in [1.82, 2.24) is 15.1 Å². The zero-order valence-electron chi connectivity index (χ0n) is 18.4. The molecule has 0 aromatic rings. The standard InChI is InChI=1S/C22H40N4O2/c1-21(2,3)28-20(27)25-15-11-22(4,12-16-25)26-13-9-17(10-14-26)24-19-8-6-5-7-18(19)23/h17,19,23-24H,5-16H2,1-4H3/t19-/m0/s1. The van der Waals surface area contributed by atoms with Crippen LogP contribution in [0.2, 0.25) is 0 Å². The Morgan fingerprint density at radius 2 is 1.75 bits per heavy atom. The Bertz CT molecular complexity index is 555. The van der Waals surface area contributed by atoms with Crippen LogP contribution >= 0.6 is 0 Å². The first-order valence-corrected chi connectivity index (χ1v) is 11.2. The predicted octanol–water partition coefficient (Wildman–Crippen LogP) is 3.79. The van der Waals surface area contributed by atoms with E-state index in [0.29, 0.717) is 12.1 Å². The van der Waals surface area contributed by atoms with E-state index in [0.717, 1.165) is 70.4 Å². The van der Waals surface area contributed by atoms with Gasteiger partial charge in [-0.05, 0) is 72.6 Å². The molecule has 0 unspecified atom stereocenters. The molecule has 0 aromatic heterocycles. The molecule has 1 aliphatic carbocycles. The number of carbonyl (C=O) groups excluding carboxylic acids is 1. The molecule has 3 aliphatic rings. The Hall–Kier alpha value is -1.14. The summed E-state index contributed by atoms with van der Waals surface area (Å²) in [5.41, 5.74) is 0.665. The maximum Gasteiger partial charge on any atom is 0.410 e. The molecule has 2 heterocycles. The van der Waals surface area contributed by atoms with Gasteiger partial charge in [0.2, 0.25) is 0 Å². The highest BCUT2D eigenvalue weighted by Gasteiger charge is 2.39. The summed E-state index contributed by atoms with van der Waals surface area (Å²) in [5.74, 6) is 0. The molecule has 2 saturated heterocycles. The minimum absolute atomic E-state index is 0.174. The Morgan fingerprint density at radius 1 is 1.11 bits per heavy atom. The summed E-state index contributed by atoms with van der Waals surface area (Å²) in [6.07, 6.45) is 8.73. The maximum atomic E-state index is 12.3. The highest BCUT2D eigenvalue weighted by Crippen LogP contribution is 2.32. The molecule has 1 saturated carbocycles. The molecule has 6 heteroatoms. The monoisotopic (exact) mass is 392 g/mol. The number of hydrogen-bond acceptors (Lipinski definition) is 5. The summed E-state index contributed by atoms with van der Waals surface area (Å²) in [5, 5.41) is 12.0. The van der Waals surface area contributed by atoms with E-state index in [-0.39, 0.29) is 11.6 Å². The van der Waals surface area contributed by atoms with Crippen LogP contribution in [0.25, 0.3) is 0 Å². The van der Waals surface area contributed by atoms with E-state index in [1.807, 2.05) is 25.7 Å². The number of nitrogens with one attached hydrogen (secondary N) is 2. The van der Waals surface area contributed by atoms with Gasteiger partial charge < -0.3 is 20.4 Å². The minimum atomic E-state index is -0.429. The molecule has 1 amide bonds. The van der Waals surface area contributed by atoms with E-state index in [4.69, 9.17) is 10.1 Å². The van der Waals surface area contributed by atoms with Gasteiger partial charge in [0.15, 0.2) is 0 Å². The van der Waals surface area contributed by atoms with Crippen LogP contribution in [-0.4, -0.2) is 71.0 Å². The number of ether oxygens (including phenoxy) is 1. The highest BCUT2D eigenvalue weighted by molar-refractivity contribution is 5.87. The molecule has 0 spiro atoms. The van der Waals surface area contributed by atoms with Gasteiger partial charge in [0, 0.05) is 49.5 Å². The lowest BCUT2D eigenvalue weighted by Gasteiger charge is -2.49. The molecule has 0 radical (unpaired) electrons. The van der Waals surface area contributed by atoms with Crippen molar-refractivity contribution < 1.29 is 9.53 Å². The number of hydrogen-bond donors (Lipinski definition) is 2. The van der Waals surface area contributed by atoms with Gasteiger partial charge in [-0.15, -0.1) is 0 Å². The summed E-state index contributed by atoms with van der Waals surface area (Å²) in [4.78, 5) is 16.8. The van der Waals surface area contributed by atoms with E-state index in [2.05, 4.69) is 17.1 Å². The molecule has 160 valence electrons. The van der Waals surface area contributed by atoms with Gasteiger partial charge in [-0.1, -0.05) is 6.42 Å². The first-order valence-electron chi connectivity index (χ1n) is 11.2. The second-order valence-corrected chi connectivity index (χ2v) is 10.2. The fourth-order valence-electron chi connectivity index (χ4n) is 4.88.